The van der Waals surface area contributed by atoms with E-state index >= 15 is 0 Å². The molecular weight excluding hydrogens is 252 g/mol. The Kier molecular flexibility index (Phi) is 6.96. The van der Waals surface area contributed by atoms with Gasteiger partial charge in [0.15, 0.2) is 0 Å². The Morgan fingerprint density at radius 1 is 1.20 bits per heavy atom. The van der Waals surface area contributed by atoms with E-state index in [9.17, 15) is 0 Å². The van der Waals surface area contributed by atoms with Crippen molar-refractivity contribution in [1.82, 2.24) is 10.3 Å². The molecule has 1 aromatic rings. The Bertz CT molecular complexity index is 376. The summed E-state index contributed by atoms with van der Waals surface area (Å²) in [5.74, 6) is 0.693. The number of nitrogens with one attached hydrogen (secondary N) is 1. The van der Waals surface area contributed by atoms with Gasteiger partial charge in [0.2, 0.25) is 5.88 Å². The number of hydrogen-bond acceptors (Lipinski definition) is 4. The third kappa shape index (κ3) is 6.87. The smallest absolute Gasteiger partial charge is 0.213 e. The Morgan fingerprint density at radius 2 is 1.95 bits per heavy atom. The van der Waals surface area contributed by atoms with Gasteiger partial charge in [-0.2, -0.15) is 0 Å². The van der Waals surface area contributed by atoms with Crippen LogP contribution in [0.25, 0.3) is 0 Å². The second kappa shape index (κ2) is 8.22. The van der Waals surface area contributed by atoms with E-state index in [2.05, 4.69) is 23.3 Å². The van der Waals surface area contributed by atoms with Crippen LogP contribution in [-0.4, -0.2) is 30.8 Å². The van der Waals surface area contributed by atoms with Crippen LogP contribution in [0.1, 0.15) is 45.4 Å². The SMILES string of the molecule is CCCc1cc(CNC)cc(OCCOC(C)(C)C)n1. The van der Waals surface area contributed by atoms with Crippen molar-refractivity contribution in [3.63, 3.8) is 0 Å². The molecule has 0 aliphatic carbocycles. The normalized spacial score (nSPS) is 11.7. The summed E-state index contributed by atoms with van der Waals surface area (Å²) in [6.07, 6.45) is 2.06. The molecule has 1 rings (SSSR count). The van der Waals surface area contributed by atoms with Crippen LogP contribution >= 0.6 is 0 Å². The van der Waals surface area contributed by atoms with Crippen LogP contribution in [0.4, 0.5) is 0 Å². The molecule has 0 unspecified atom stereocenters. The van der Waals surface area contributed by atoms with Gasteiger partial charge in [0.25, 0.3) is 0 Å². The molecule has 0 spiro atoms. The predicted molar refractivity (Wildman–Crippen MR) is 82.2 cm³/mol. The molecule has 0 aliphatic heterocycles. The Hall–Kier alpha value is -1.13. The number of rotatable bonds is 8. The molecule has 4 heteroatoms. The molecule has 0 fully saturated rings. The van der Waals surface area contributed by atoms with E-state index in [-0.39, 0.29) is 5.60 Å². The summed E-state index contributed by atoms with van der Waals surface area (Å²) in [5.41, 5.74) is 2.17. The first kappa shape index (κ1) is 16.9. The van der Waals surface area contributed by atoms with E-state index in [1.54, 1.807) is 0 Å². The van der Waals surface area contributed by atoms with Crippen molar-refractivity contribution in [2.75, 3.05) is 20.3 Å². The molecule has 114 valence electrons. The van der Waals surface area contributed by atoms with Gasteiger partial charge in [0.1, 0.15) is 6.61 Å². The van der Waals surface area contributed by atoms with Crippen LogP contribution < -0.4 is 10.1 Å². The zero-order valence-electron chi connectivity index (χ0n) is 13.5. The van der Waals surface area contributed by atoms with Crippen LogP contribution in [0.5, 0.6) is 5.88 Å². The summed E-state index contributed by atoms with van der Waals surface area (Å²) in [6.45, 7) is 10.2. The fourth-order valence-electron chi connectivity index (χ4n) is 1.88. The Morgan fingerprint density at radius 3 is 2.55 bits per heavy atom. The van der Waals surface area contributed by atoms with Gasteiger partial charge >= 0.3 is 0 Å². The van der Waals surface area contributed by atoms with E-state index in [4.69, 9.17) is 9.47 Å². The fraction of sp³-hybridized carbons (Fsp3) is 0.688. The average molecular weight is 280 g/mol. The van der Waals surface area contributed by atoms with Gasteiger partial charge in [-0.25, -0.2) is 4.98 Å². The second-order valence-corrected chi connectivity index (χ2v) is 5.89. The molecule has 20 heavy (non-hydrogen) atoms. The monoisotopic (exact) mass is 280 g/mol. The van der Waals surface area contributed by atoms with Crippen LogP contribution in [0.2, 0.25) is 0 Å². The minimum atomic E-state index is -0.127. The summed E-state index contributed by atoms with van der Waals surface area (Å²) in [6, 6.07) is 4.13. The summed E-state index contributed by atoms with van der Waals surface area (Å²) in [5, 5.41) is 3.16. The molecule has 0 atom stereocenters. The molecule has 0 radical (unpaired) electrons. The van der Waals surface area contributed by atoms with Crippen molar-refractivity contribution in [3.05, 3.63) is 23.4 Å². The standard InChI is InChI=1S/C16H28N2O2/c1-6-7-14-10-13(12-17-5)11-15(18-14)19-8-9-20-16(2,3)4/h10-11,17H,6-9,12H2,1-5H3. The van der Waals surface area contributed by atoms with Gasteiger partial charge in [-0.1, -0.05) is 13.3 Å². The van der Waals surface area contributed by atoms with E-state index in [1.165, 1.54) is 5.56 Å². The van der Waals surface area contributed by atoms with Crippen molar-refractivity contribution in [3.8, 4) is 5.88 Å². The zero-order valence-corrected chi connectivity index (χ0v) is 13.5. The first-order chi connectivity index (χ1) is 9.44. The van der Waals surface area contributed by atoms with Gasteiger partial charge in [-0.05, 0) is 45.9 Å². The minimum absolute atomic E-state index is 0.127. The van der Waals surface area contributed by atoms with Gasteiger partial charge in [-0.15, -0.1) is 0 Å². The van der Waals surface area contributed by atoms with Gasteiger partial charge < -0.3 is 14.8 Å². The van der Waals surface area contributed by atoms with E-state index < -0.39 is 0 Å². The first-order valence-corrected chi connectivity index (χ1v) is 7.36. The van der Waals surface area contributed by atoms with Crippen molar-refractivity contribution in [2.45, 2.75) is 52.7 Å². The summed E-state index contributed by atoms with van der Waals surface area (Å²) in [7, 11) is 1.94. The van der Waals surface area contributed by atoms with E-state index in [0.29, 0.717) is 19.1 Å². The number of aryl methyl sites for hydroxylation is 1. The highest BCUT2D eigenvalue weighted by Gasteiger charge is 2.10. The molecular formula is C16H28N2O2. The quantitative estimate of drug-likeness (QED) is 0.744. The van der Waals surface area contributed by atoms with Gasteiger partial charge in [0.05, 0.1) is 12.2 Å². The third-order valence-electron chi connectivity index (χ3n) is 2.67. The molecule has 0 saturated carbocycles. The third-order valence-corrected chi connectivity index (χ3v) is 2.67. The molecule has 0 bridgehead atoms. The zero-order chi connectivity index (χ0) is 15.0. The molecule has 0 aliphatic rings. The van der Waals surface area contributed by atoms with Crippen molar-refractivity contribution in [1.29, 1.82) is 0 Å². The predicted octanol–water partition coefficient (Wildman–Crippen LogP) is 2.95. The Balaban J connectivity index is 2.58. The summed E-state index contributed by atoms with van der Waals surface area (Å²) >= 11 is 0. The van der Waals surface area contributed by atoms with Crippen molar-refractivity contribution >= 4 is 0 Å². The van der Waals surface area contributed by atoms with E-state index in [1.807, 2.05) is 33.9 Å². The summed E-state index contributed by atoms with van der Waals surface area (Å²) in [4.78, 5) is 4.53. The van der Waals surface area contributed by atoms with E-state index in [0.717, 1.165) is 25.1 Å². The minimum Gasteiger partial charge on any atom is -0.475 e. The number of hydrogen-bond donors (Lipinski definition) is 1. The van der Waals surface area contributed by atoms with Crippen molar-refractivity contribution < 1.29 is 9.47 Å². The first-order valence-electron chi connectivity index (χ1n) is 7.36. The van der Waals surface area contributed by atoms with Crippen LogP contribution in [-0.2, 0) is 17.7 Å². The second-order valence-electron chi connectivity index (χ2n) is 5.89. The summed E-state index contributed by atoms with van der Waals surface area (Å²) < 4.78 is 11.4. The van der Waals surface area contributed by atoms with Gasteiger partial charge in [-0.3, -0.25) is 0 Å². The molecule has 4 nitrogen and oxygen atoms in total. The Labute approximate surface area is 122 Å². The maximum absolute atomic E-state index is 5.71. The number of nitrogens with zero attached hydrogens (tertiary/aromatic N) is 1. The van der Waals surface area contributed by atoms with Crippen molar-refractivity contribution in [2.24, 2.45) is 0 Å². The lowest BCUT2D eigenvalue weighted by atomic mass is 10.1. The molecule has 1 heterocycles. The molecule has 1 N–H and O–H groups in total. The maximum Gasteiger partial charge on any atom is 0.213 e. The molecule has 0 aromatic carbocycles. The maximum atomic E-state index is 5.71. The highest BCUT2D eigenvalue weighted by molar-refractivity contribution is 5.25. The van der Waals surface area contributed by atoms with Crippen LogP contribution in [0.3, 0.4) is 0 Å². The van der Waals surface area contributed by atoms with Gasteiger partial charge in [0, 0.05) is 18.3 Å². The lowest BCUT2D eigenvalue weighted by molar-refractivity contribution is -0.0168. The molecule has 0 saturated heterocycles. The number of aromatic nitrogens is 1. The number of pyridine rings is 1. The lowest BCUT2D eigenvalue weighted by Gasteiger charge is -2.19. The lowest BCUT2D eigenvalue weighted by Crippen LogP contribution is -2.22. The highest BCUT2D eigenvalue weighted by Crippen LogP contribution is 2.14. The molecule has 0 amide bonds. The molecule has 1 aromatic heterocycles. The topological polar surface area (TPSA) is 43.4 Å². The largest absolute Gasteiger partial charge is 0.475 e. The van der Waals surface area contributed by atoms with Crippen LogP contribution in [0.15, 0.2) is 12.1 Å². The average Bonchev–Trinajstić information content (AvgIpc) is 2.34. The van der Waals surface area contributed by atoms with Crippen LogP contribution in [0, 0.1) is 0 Å². The number of ether oxygens (including phenoxy) is 2. The highest BCUT2D eigenvalue weighted by atomic mass is 16.5. The fourth-order valence-corrected chi connectivity index (χ4v) is 1.88.